The Kier molecular flexibility index (Phi) is 22.3. The van der Waals surface area contributed by atoms with Crippen molar-refractivity contribution in [3.63, 3.8) is 0 Å². The second kappa shape index (κ2) is 27.3. The molecule has 10 amide bonds. The van der Waals surface area contributed by atoms with Crippen molar-refractivity contribution in [2.24, 2.45) is 35.0 Å². The predicted octanol–water partition coefficient (Wildman–Crippen LogP) is -3.13. The van der Waals surface area contributed by atoms with Gasteiger partial charge >= 0.3 is 0 Å². The number of phenols is 1. The van der Waals surface area contributed by atoms with Crippen LogP contribution in [-0.4, -0.2) is 141 Å². The minimum Gasteiger partial charge on any atom is -0.508 e. The van der Waals surface area contributed by atoms with Gasteiger partial charge in [-0.25, -0.2) is 0 Å². The molecule has 70 heavy (non-hydrogen) atoms. The van der Waals surface area contributed by atoms with E-state index in [-0.39, 0.29) is 50.2 Å². The van der Waals surface area contributed by atoms with Gasteiger partial charge < -0.3 is 64.2 Å². The van der Waals surface area contributed by atoms with E-state index in [1.54, 1.807) is 27.7 Å². The molecule has 1 aromatic rings. The van der Waals surface area contributed by atoms with Crippen LogP contribution < -0.4 is 49.1 Å². The number of hydrogen-bond donors (Lipinski definition) is 11. The number of aliphatic hydroxyl groups excluding tert-OH is 1. The number of carbonyl (C=O) groups is 12. The fraction of sp³-hybridized carbons (Fsp3) is 0.609. The molecule has 2 saturated heterocycles. The van der Waals surface area contributed by atoms with E-state index >= 15 is 0 Å². The maximum atomic E-state index is 14.5. The van der Waals surface area contributed by atoms with Crippen molar-refractivity contribution < 1.29 is 67.7 Å². The minimum atomic E-state index is -1.70. The Morgan fingerprint density at radius 1 is 0.800 bits per heavy atom. The lowest BCUT2D eigenvalue weighted by atomic mass is 9.91. The van der Waals surface area contributed by atoms with E-state index < -0.39 is 170 Å². The van der Waals surface area contributed by atoms with Crippen LogP contribution in [0.5, 0.6) is 5.75 Å². The Labute approximate surface area is 405 Å². The average molecular weight is 985 g/mol. The van der Waals surface area contributed by atoms with Gasteiger partial charge in [-0.15, -0.1) is 0 Å². The first-order chi connectivity index (χ1) is 32.9. The smallest absolute Gasteiger partial charge is 0.245 e. The molecule has 0 unspecified atom stereocenters. The van der Waals surface area contributed by atoms with Gasteiger partial charge in [0.1, 0.15) is 29.9 Å². The van der Waals surface area contributed by atoms with Gasteiger partial charge in [0.25, 0.3) is 0 Å². The summed E-state index contributed by atoms with van der Waals surface area (Å²) in [5.74, 6) is -12.8. The Balaban J connectivity index is 2.08. The molecule has 0 bridgehead atoms. The number of hydrogen-bond acceptors (Lipinski definition) is 14. The first-order valence-corrected chi connectivity index (χ1v) is 23.3. The van der Waals surface area contributed by atoms with Crippen molar-refractivity contribution in [2.75, 3.05) is 13.1 Å². The number of amides is 10. The highest BCUT2D eigenvalue weighted by Gasteiger charge is 2.43. The van der Waals surface area contributed by atoms with Crippen molar-refractivity contribution in [2.45, 2.75) is 147 Å². The van der Waals surface area contributed by atoms with E-state index in [1.165, 1.54) is 24.3 Å². The highest BCUT2D eigenvalue weighted by Crippen LogP contribution is 2.23. The summed E-state index contributed by atoms with van der Waals surface area (Å²) in [5, 5.41) is 35.8. The Bertz CT molecular complexity index is 2120. The van der Waals surface area contributed by atoms with E-state index in [1.807, 2.05) is 0 Å². The van der Waals surface area contributed by atoms with Gasteiger partial charge in [0, 0.05) is 57.9 Å². The molecule has 0 spiro atoms. The fourth-order valence-electron chi connectivity index (χ4n) is 8.05. The highest BCUT2D eigenvalue weighted by atomic mass is 16.3. The first-order valence-electron chi connectivity index (χ1n) is 23.3. The summed E-state index contributed by atoms with van der Waals surface area (Å²) in [6.07, 6.45) is -5.27. The third-order valence-corrected chi connectivity index (χ3v) is 12.1. The number of nitrogens with one attached hydrogen (secondary N) is 6. The summed E-state index contributed by atoms with van der Waals surface area (Å²) in [7, 11) is 0. The molecule has 24 nitrogen and oxygen atoms in total. The zero-order chi connectivity index (χ0) is 52.4. The monoisotopic (exact) mass is 984 g/mol. The van der Waals surface area contributed by atoms with Crippen LogP contribution >= 0.6 is 0 Å². The number of nitrogens with two attached hydrogens (primary N) is 3. The Morgan fingerprint density at radius 2 is 1.46 bits per heavy atom. The molecule has 386 valence electrons. The molecule has 14 N–H and O–H groups in total. The van der Waals surface area contributed by atoms with Crippen LogP contribution in [0.2, 0.25) is 0 Å². The number of β-amino-alcohol motifs (C(OH)–C–C–N with tert-alkyl or cyclic N) is 1. The summed E-state index contributed by atoms with van der Waals surface area (Å²) < 4.78 is 0. The molecular weight excluding hydrogens is 917 g/mol. The number of carbonyl (C=O) groups excluding carboxylic acids is 12. The van der Waals surface area contributed by atoms with Gasteiger partial charge in [-0.05, 0) is 48.8 Å². The first kappa shape index (κ1) is 57.3. The number of Topliss-reactive ketones (excluding diaryl/α,β-unsaturated/α-hetero) is 2. The van der Waals surface area contributed by atoms with Crippen molar-refractivity contribution in [3.05, 3.63) is 29.8 Å². The third-order valence-electron chi connectivity index (χ3n) is 12.1. The maximum absolute atomic E-state index is 14.5. The van der Waals surface area contributed by atoms with Crippen LogP contribution in [0.4, 0.5) is 0 Å². The molecular formula is C46H68N10O14. The molecule has 1 aromatic carbocycles. The molecule has 2 heterocycles. The van der Waals surface area contributed by atoms with E-state index in [9.17, 15) is 67.7 Å². The molecule has 0 aliphatic carbocycles. The van der Waals surface area contributed by atoms with Crippen LogP contribution in [0.15, 0.2) is 24.3 Å². The summed E-state index contributed by atoms with van der Waals surface area (Å²) in [6.45, 7) is 5.80. The fourth-order valence-corrected chi connectivity index (χ4v) is 8.05. The van der Waals surface area contributed by atoms with Gasteiger partial charge in [0.2, 0.25) is 59.1 Å². The van der Waals surface area contributed by atoms with Gasteiger partial charge in [-0.1, -0.05) is 46.2 Å². The van der Waals surface area contributed by atoms with Crippen molar-refractivity contribution in [3.8, 4) is 5.75 Å². The van der Waals surface area contributed by atoms with Crippen LogP contribution in [0.3, 0.4) is 0 Å². The molecule has 3 rings (SSSR count). The van der Waals surface area contributed by atoms with Gasteiger partial charge in [-0.3, -0.25) is 57.5 Å². The number of phenolic OH excluding ortho intramolecular Hbond substituents is 1. The number of aromatic hydroxyl groups is 1. The van der Waals surface area contributed by atoms with Crippen molar-refractivity contribution >= 4 is 70.6 Å². The predicted molar refractivity (Wildman–Crippen MR) is 248 cm³/mol. The third kappa shape index (κ3) is 18.5. The second-order valence-corrected chi connectivity index (χ2v) is 18.4. The van der Waals surface area contributed by atoms with Gasteiger partial charge in [0.05, 0.1) is 30.7 Å². The summed E-state index contributed by atoms with van der Waals surface area (Å²) in [6, 6.07) is -2.75. The zero-order valence-corrected chi connectivity index (χ0v) is 40.0. The zero-order valence-electron chi connectivity index (χ0n) is 40.0. The lowest BCUT2D eigenvalue weighted by Gasteiger charge is -2.31. The molecule has 2 fully saturated rings. The van der Waals surface area contributed by atoms with Crippen LogP contribution in [-0.2, 0) is 64.0 Å². The number of aliphatic hydroxyl groups is 1. The molecule has 9 atom stereocenters. The summed E-state index contributed by atoms with van der Waals surface area (Å²) in [5.41, 5.74) is 16.6. The van der Waals surface area contributed by atoms with Crippen molar-refractivity contribution in [1.82, 2.24) is 36.8 Å². The summed E-state index contributed by atoms with van der Waals surface area (Å²) in [4.78, 5) is 161. The summed E-state index contributed by atoms with van der Waals surface area (Å²) >= 11 is 0. The topological polar surface area (TPSA) is 399 Å². The van der Waals surface area contributed by atoms with E-state index in [2.05, 4.69) is 31.9 Å². The number of nitrogens with zero attached hydrogens (tertiary/aromatic N) is 1. The van der Waals surface area contributed by atoms with Gasteiger partial charge in [-0.2, -0.15) is 0 Å². The lowest BCUT2D eigenvalue weighted by Crippen LogP contribution is -2.59. The van der Waals surface area contributed by atoms with Crippen LogP contribution in [0.25, 0.3) is 0 Å². The molecule has 0 saturated carbocycles. The molecule has 0 aromatic heterocycles. The number of primary amides is 3. The second-order valence-electron chi connectivity index (χ2n) is 18.4. The minimum absolute atomic E-state index is 0.0731. The van der Waals surface area contributed by atoms with Crippen molar-refractivity contribution in [1.29, 1.82) is 0 Å². The highest BCUT2D eigenvalue weighted by molar-refractivity contribution is 5.99. The SMILES string of the molecule is CC[C@H](C)[C@@H]1NC(=O)[C@H](Cc2ccc(O)cc2)NC(=O)CNC(=O)CC[C@@H](C(=O)N2C[C@H](O)C[C@H]2C(=O)N[C@@H](CC(C)C)C(=O)CCC(N)=O)NC(=O)[C@H](CC(N)=O)CC(=O)[C@H](CCC(N)=O)NC1=O. The molecule has 24 heteroatoms. The van der Waals surface area contributed by atoms with E-state index in [0.29, 0.717) is 12.0 Å². The molecule has 2 aliphatic heterocycles. The quantitative estimate of drug-likeness (QED) is 0.0694. The maximum Gasteiger partial charge on any atom is 0.245 e. The number of rotatable bonds is 18. The Hall–Kier alpha value is -6.98. The number of ketones is 2. The largest absolute Gasteiger partial charge is 0.508 e. The lowest BCUT2D eigenvalue weighted by molar-refractivity contribution is -0.143. The number of likely N-dealkylation sites (tertiary alicyclic amines) is 1. The molecule has 2 aliphatic rings. The number of benzene rings is 1. The van der Waals surface area contributed by atoms with Crippen LogP contribution in [0.1, 0.15) is 104 Å². The average Bonchev–Trinajstić information content (AvgIpc) is 3.69. The molecule has 0 radical (unpaired) electrons. The standard InChI is InChI=1S/C46H68N10O14/c1-5-24(4)41-45(69)52-29(10-13-36(47)61)35(60)18-26(19-38(49)63)42(66)53-30(11-15-39(64)50-21-40(65)51-32(43(67)55-41)17-25-6-8-27(57)9-7-25)46(70)56-22-28(58)20-33(56)44(68)54-31(16-23(2)3)34(59)12-14-37(48)62/h6-9,23-24,26,28-33,41,57-58H,5,10-22H2,1-4H3,(H2,47,61)(H2,48,62)(H2,49,63)(H,50,64)(H,51,65)(H,52,69)(H,53,66)(H,54,68)(H,55,67)/t24-,26-,28+,29-,30-,31-,32-,33-,41-/m0/s1. The van der Waals surface area contributed by atoms with E-state index in [0.717, 1.165) is 4.90 Å². The van der Waals surface area contributed by atoms with E-state index in [4.69, 9.17) is 17.2 Å². The van der Waals surface area contributed by atoms with Gasteiger partial charge in [0.15, 0.2) is 11.6 Å². The Morgan fingerprint density at radius 3 is 2.06 bits per heavy atom. The normalized spacial score (nSPS) is 24.2. The van der Waals surface area contributed by atoms with Crippen LogP contribution in [0, 0.1) is 17.8 Å².